The topological polar surface area (TPSA) is 69.0 Å². The molecule has 0 fully saturated rings. The van der Waals surface area contributed by atoms with Crippen LogP contribution >= 0.6 is 0 Å². The maximum Gasteiger partial charge on any atom is 0.416 e. The van der Waals surface area contributed by atoms with Crippen LogP contribution in [0.1, 0.15) is 38.3 Å². The molecule has 6 nitrogen and oxygen atoms in total. The van der Waals surface area contributed by atoms with E-state index in [2.05, 4.69) is 15.3 Å². The summed E-state index contributed by atoms with van der Waals surface area (Å²) >= 11 is 0. The minimum absolute atomic E-state index is 0.0393. The number of hydrogen-bond acceptors (Lipinski definition) is 5. The van der Waals surface area contributed by atoms with Gasteiger partial charge >= 0.3 is 6.18 Å². The molecule has 154 valence electrons. The molecule has 9 heteroatoms. The number of fused-ring (bicyclic) bond motifs is 1. The summed E-state index contributed by atoms with van der Waals surface area (Å²) in [7, 11) is 1.29. The summed E-state index contributed by atoms with van der Waals surface area (Å²) < 4.78 is 46.0. The first-order valence-corrected chi connectivity index (χ1v) is 9.18. The highest BCUT2D eigenvalue weighted by Crippen LogP contribution is 2.34. The van der Waals surface area contributed by atoms with Crippen LogP contribution in [0.4, 0.5) is 24.8 Å². The first kappa shape index (κ1) is 20.6. The van der Waals surface area contributed by atoms with Gasteiger partial charge in [-0.15, -0.1) is 0 Å². The quantitative estimate of drug-likeness (QED) is 0.629. The van der Waals surface area contributed by atoms with Gasteiger partial charge in [-0.05, 0) is 31.0 Å². The summed E-state index contributed by atoms with van der Waals surface area (Å²) in [6, 6.07) is 6.35. The SMILES string of the molecule is CCC(CC)n1c(=O)ccc2cnc(Nc3cc(OC)cc(C(F)(F)F)c3)nc21. The Balaban J connectivity index is 2.08. The number of hydrogen-bond donors (Lipinski definition) is 1. The van der Waals surface area contributed by atoms with Crippen molar-refractivity contribution in [2.75, 3.05) is 12.4 Å². The Labute approximate surface area is 165 Å². The van der Waals surface area contributed by atoms with Crippen LogP contribution in [0.5, 0.6) is 5.75 Å². The fraction of sp³-hybridized carbons (Fsp3) is 0.350. The number of alkyl halides is 3. The number of methoxy groups -OCH3 is 1. The van der Waals surface area contributed by atoms with Gasteiger partial charge in [0.25, 0.3) is 5.56 Å². The van der Waals surface area contributed by atoms with Gasteiger partial charge < -0.3 is 10.1 Å². The van der Waals surface area contributed by atoms with Crippen molar-refractivity contribution in [1.29, 1.82) is 0 Å². The molecule has 0 bridgehead atoms. The lowest BCUT2D eigenvalue weighted by atomic mass is 10.1. The van der Waals surface area contributed by atoms with E-state index in [1.54, 1.807) is 10.6 Å². The van der Waals surface area contributed by atoms with Gasteiger partial charge in [-0.3, -0.25) is 9.36 Å². The Morgan fingerprint density at radius 1 is 1.17 bits per heavy atom. The zero-order valence-electron chi connectivity index (χ0n) is 16.2. The Kier molecular flexibility index (Phi) is 5.76. The van der Waals surface area contributed by atoms with Crippen LogP contribution in [0, 0.1) is 0 Å². The highest BCUT2D eigenvalue weighted by atomic mass is 19.4. The number of halogens is 3. The maximum atomic E-state index is 13.1. The third-order valence-corrected chi connectivity index (χ3v) is 4.70. The van der Waals surface area contributed by atoms with E-state index in [1.165, 1.54) is 25.4 Å². The average molecular weight is 406 g/mol. The number of nitrogens with one attached hydrogen (secondary N) is 1. The van der Waals surface area contributed by atoms with E-state index < -0.39 is 11.7 Å². The van der Waals surface area contributed by atoms with Crippen molar-refractivity contribution in [1.82, 2.24) is 14.5 Å². The van der Waals surface area contributed by atoms with Gasteiger partial charge in [0.1, 0.15) is 11.4 Å². The summed E-state index contributed by atoms with van der Waals surface area (Å²) in [6.07, 6.45) is -1.50. The van der Waals surface area contributed by atoms with Crippen LogP contribution in [0.15, 0.2) is 41.3 Å². The Hall–Kier alpha value is -3.10. The van der Waals surface area contributed by atoms with Crippen molar-refractivity contribution in [2.24, 2.45) is 0 Å². The number of nitrogens with zero attached hydrogens (tertiary/aromatic N) is 3. The second-order valence-electron chi connectivity index (χ2n) is 6.56. The molecule has 2 heterocycles. The van der Waals surface area contributed by atoms with Crippen molar-refractivity contribution in [2.45, 2.75) is 38.9 Å². The van der Waals surface area contributed by atoms with Gasteiger partial charge in [-0.1, -0.05) is 13.8 Å². The molecular weight excluding hydrogens is 385 g/mol. The van der Waals surface area contributed by atoms with E-state index in [-0.39, 0.29) is 29.0 Å². The normalized spacial score (nSPS) is 11.8. The summed E-state index contributed by atoms with van der Waals surface area (Å²) in [6.45, 7) is 3.96. The van der Waals surface area contributed by atoms with E-state index >= 15 is 0 Å². The minimum Gasteiger partial charge on any atom is -0.497 e. The zero-order valence-corrected chi connectivity index (χ0v) is 16.2. The van der Waals surface area contributed by atoms with Gasteiger partial charge in [0.2, 0.25) is 5.95 Å². The monoisotopic (exact) mass is 406 g/mol. The molecule has 1 aromatic carbocycles. The third kappa shape index (κ3) is 4.33. The smallest absolute Gasteiger partial charge is 0.416 e. The molecule has 29 heavy (non-hydrogen) atoms. The van der Waals surface area contributed by atoms with Crippen LogP contribution in [0.2, 0.25) is 0 Å². The predicted octanol–water partition coefficient (Wildman–Crippen LogP) is 4.92. The molecule has 3 aromatic rings. The van der Waals surface area contributed by atoms with Gasteiger partial charge in [0, 0.05) is 35.4 Å². The molecule has 0 aliphatic carbocycles. The maximum absolute atomic E-state index is 13.1. The third-order valence-electron chi connectivity index (χ3n) is 4.70. The van der Waals surface area contributed by atoms with E-state index in [9.17, 15) is 18.0 Å². The average Bonchev–Trinajstić information content (AvgIpc) is 2.69. The number of aromatic nitrogens is 3. The van der Waals surface area contributed by atoms with E-state index in [4.69, 9.17) is 4.74 Å². The lowest BCUT2D eigenvalue weighted by Crippen LogP contribution is -2.24. The number of anilines is 2. The van der Waals surface area contributed by atoms with Gasteiger partial charge in [0.05, 0.1) is 12.7 Å². The molecule has 0 saturated carbocycles. The van der Waals surface area contributed by atoms with E-state index in [0.29, 0.717) is 11.0 Å². The lowest BCUT2D eigenvalue weighted by Gasteiger charge is -2.18. The molecule has 0 unspecified atom stereocenters. The summed E-state index contributed by atoms with van der Waals surface area (Å²) in [5.74, 6) is 0.140. The molecule has 1 N–H and O–H groups in total. The summed E-state index contributed by atoms with van der Waals surface area (Å²) in [5, 5.41) is 3.46. The van der Waals surface area contributed by atoms with Crippen LogP contribution in [0.3, 0.4) is 0 Å². The molecule has 3 rings (SSSR count). The molecular formula is C20H21F3N4O2. The predicted molar refractivity (Wildman–Crippen MR) is 105 cm³/mol. The minimum atomic E-state index is -4.52. The highest BCUT2D eigenvalue weighted by molar-refractivity contribution is 5.76. The number of rotatable bonds is 6. The first-order chi connectivity index (χ1) is 13.8. The second kappa shape index (κ2) is 8.10. The van der Waals surface area contributed by atoms with Crippen molar-refractivity contribution in [3.8, 4) is 5.75 Å². The van der Waals surface area contributed by atoms with Gasteiger partial charge in [-0.25, -0.2) is 4.98 Å². The van der Waals surface area contributed by atoms with Crippen LogP contribution in [-0.2, 0) is 6.18 Å². The molecule has 0 aliphatic heterocycles. The lowest BCUT2D eigenvalue weighted by molar-refractivity contribution is -0.137. The Morgan fingerprint density at radius 3 is 2.52 bits per heavy atom. The van der Waals surface area contributed by atoms with Gasteiger partial charge in [-0.2, -0.15) is 18.2 Å². The zero-order chi connectivity index (χ0) is 21.2. The highest BCUT2D eigenvalue weighted by Gasteiger charge is 2.31. The Bertz CT molecular complexity index is 1080. The Morgan fingerprint density at radius 2 is 1.90 bits per heavy atom. The summed E-state index contributed by atoms with van der Waals surface area (Å²) in [4.78, 5) is 21.0. The molecule has 0 aliphatic rings. The summed E-state index contributed by atoms with van der Waals surface area (Å²) in [5.41, 5.74) is -0.475. The molecule has 0 radical (unpaired) electrons. The number of ether oxygens (including phenoxy) is 1. The van der Waals surface area contributed by atoms with Crippen LogP contribution in [0.25, 0.3) is 11.0 Å². The van der Waals surface area contributed by atoms with Gasteiger partial charge in [0.15, 0.2) is 0 Å². The number of pyridine rings is 1. The first-order valence-electron chi connectivity index (χ1n) is 9.18. The van der Waals surface area contributed by atoms with Crippen LogP contribution in [-0.4, -0.2) is 21.6 Å². The van der Waals surface area contributed by atoms with E-state index in [1.807, 2.05) is 13.8 Å². The molecule has 2 aromatic heterocycles. The standard InChI is InChI=1S/C20H21F3N4O2/c1-4-15(5-2)27-17(28)7-6-12-11-24-19(26-18(12)27)25-14-8-13(20(21,22)23)9-16(10-14)29-3/h6-11,15H,4-5H2,1-3H3,(H,24,25,26). The van der Waals surface area contributed by atoms with Crippen molar-refractivity contribution < 1.29 is 17.9 Å². The fourth-order valence-corrected chi connectivity index (χ4v) is 3.19. The molecule has 0 atom stereocenters. The van der Waals surface area contributed by atoms with E-state index in [0.717, 1.165) is 25.0 Å². The molecule has 0 spiro atoms. The number of benzene rings is 1. The second-order valence-corrected chi connectivity index (χ2v) is 6.56. The van der Waals surface area contributed by atoms with Crippen molar-refractivity contribution in [3.63, 3.8) is 0 Å². The fourth-order valence-electron chi connectivity index (χ4n) is 3.19. The van der Waals surface area contributed by atoms with Crippen LogP contribution < -0.4 is 15.6 Å². The van der Waals surface area contributed by atoms with Crippen molar-refractivity contribution in [3.05, 3.63) is 52.4 Å². The molecule has 0 saturated heterocycles. The van der Waals surface area contributed by atoms with Crippen molar-refractivity contribution >= 4 is 22.7 Å². The molecule has 0 amide bonds. The largest absolute Gasteiger partial charge is 0.497 e.